The lowest BCUT2D eigenvalue weighted by molar-refractivity contribution is -0.142. The van der Waals surface area contributed by atoms with E-state index in [4.69, 9.17) is 0 Å². The fourth-order valence-electron chi connectivity index (χ4n) is 6.11. The van der Waals surface area contributed by atoms with Gasteiger partial charge in [0.15, 0.2) is 15.9 Å². The third kappa shape index (κ3) is 12.8. The first-order chi connectivity index (χ1) is 25.0. The predicted molar refractivity (Wildman–Crippen MR) is 194 cm³/mol. The number of carboxylic acids is 1. The van der Waals surface area contributed by atoms with Crippen LogP contribution in [0, 0.1) is 11.8 Å². The van der Waals surface area contributed by atoms with Crippen LogP contribution >= 0.6 is 0 Å². The molecule has 0 aromatic heterocycles. The van der Waals surface area contributed by atoms with Crippen LogP contribution < -0.4 is 26.6 Å². The Labute approximate surface area is 309 Å². The maximum Gasteiger partial charge on any atom is 0.330 e. The largest absolute Gasteiger partial charge is 0.479 e. The maximum atomic E-state index is 13.8. The fraction of sp³-hybridized carbons (Fsp3) is 0.486. The van der Waals surface area contributed by atoms with Crippen molar-refractivity contribution in [3.8, 4) is 0 Å². The van der Waals surface area contributed by atoms with Crippen LogP contribution in [0.4, 0.5) is 0 Å². The van der Waals surface area contributed by atoms with Gasteiger partial charge in [0.05, 0.1) is 17.5 Å². The van der Waals surface area contributed by atoms with E-state index in [1.54, 1.807) is 25.1 Å². The minimum atomic E-state index is -3.48. The molecule has 16 heteroatoms. The molecule has 1 saturated carbocycles. The normalized spacial score (nSPS) is 15.3. The summed E-state index contributed by atoms with van der Waals surface area (Å²) in [6.45, 7) is 4.71. The van der Waals surface area contributed by atoms with Crippen molar-refractivity contribution in [1.82, 2.24) is 26.6 Å². The molecule has 0 radical (unpaired) electrons. The Morgan fingerprint density at radius 1 is 0.811 bits per heavy atom. The molecule has 0 saturated heterocycles. The van der Waals surface area contributed by atoms with Crippen molar-refractivity contribution < 1.29 is 47.1 Å². The smallest absolute Gasteiger partial charge is 0.330 e. The lowest BCUT2D eigenvalue weighted by Crippen LogP contribution is -2.58. The minimum absolute atomic E-state index is 0.0391. The molecule has 3 rings (SSSR count). The van der Waals surface area contributed by atoms with E-state index < -0.39 is 81.8 Å². The Morgan fingerprint density at radius 3 is 1.96 bits per heavy atom. The number of Topliss-reactive ketones (excluding diaryl/α,β-unsaturated/α-hetero) is 1. The summed E-state index contributed by atoms with van der Waals surface area (Å²) in [6.07, 6.45) is 4.70. The number of rotatable bonds is 19. The van der Waals surface area contributed by atoms with Gasteiger partial charge >= 0.3 is 5.97 Å². The molecule has 1 fully saturated rings. The van der Waals surface area contributed by atoms with Crippen molar-refractivity contribution >= 4 is 51.1 Å². The zero-order valence-corrected chi connectivity index (χ0v) is 31.2. The molecule has 4 atom stereocenters. The number of sulfone groups is 1. The van der Waals surface area contributed by atoms with Crippen molar-refractivity contribution in [2.75, 3.05) is 12.8 Å². The first-order valence-electron chi connectivity index (χ1n) is 17.6. The first-order valence-corrected chi connectivity index (χ1v) is 19.5. The molecule has 5 amide bonds. The molecular weight excluding hydrogens is 706 g/mol. The van der Waals surface area contributed by atoms with Crippen LogP contribution in [0.1, 0.15) is 87.7 Å². The van der Waals surface area contributed by atoms with Gasteiger partial charge in [0, 0.05) is 11.8 Å². The molecule has 1 aliphatic carbocycles. The maximum absolute atomic E-state index is 13.8. The Bertz CT molecular complexity index is 1740. The quantitative estimate of drug-likeness (QED) is 0.114. The van der Waals surface area contributed by atoms with Gasteiger partial charge in [-0.2, -0.15) is 0 Å². The molecule has 53 heavy (non-hydrogen) atoms. The van der Waals surface area contributed by atoms with Gasteiger partial charge in [-0.1, -0.05) is 70.4 Å². The number of nitrogens with one attached hydrogen (secondary N) is 5. The lowest BCUT2D eigenvalue weighted by Gasteiger charge is -2.28. The Kier molecular flexibility index (Phi) is 15.7. The molecule has 1 aliphatic rings. The summed E-state index contributed by atoms with van der Waals surface area (Å²) in [5.41, 5.74) is 0.460. The van der Waals surface area contributed by atoms with E-state index in [-0.39, 0.29) is 35.1 Å². The summed E-state index contributed by atoms with van der Waals surface area (Å²) in [5, 5.41) is 22.1. The highest BCUT2D eigenvalue weighted by Gasteiger charge is 2.36. The molecule has 1 unspecified atom stereocenters. The second-order valence-corrected chi connectivity index (χ2v) is 15.6. The Morgan fingerprint density at radius 2 is 1.42 bits per heavy atom. The molecule has 2 aromatic carbocycles. The zero-order valence-electron chi connectivity index (χ0n) is 30.3. The van der Waals surface area contributed by atoms with Crippen molar-refractivity contribution in [2.45, 2.75) is 94.8 Å². The molecule has 0 heterocycles. The van der Waals surface area contributed by atoms with E-state index in [2.05, 4.69) is 26.6 Å². The van der Waals surface area contributed by atoms with Crippen molar-refractivity contribution in [1.29, 1.82) is 0 Å². The highest BCUT2D eigenvalue weighted by Crippen LogP contribution is 2.28. The fourth-order valence-corrected chi connectivity index (χ4v) is 6.74. The van der Waals surface area contributed by atoms with Gasteiger partial charge in [0.1, 0.15) is 12.1 Å². The molecule has 288 valence electrons. The molecule has 15 nitrogen and oxygen atoms in total. The van der Waals surface area contributed by atoms with Gasteiger partial charge in [-0.25, -0.2) is 13.2 Å². The van der Waals surface area contributed by atoms with Crippen molar-refractivity contribution in [3.63, 3.8) is 0 Å². The van der Waals surface area contributed by atoms with Gasteiger partial charge < -0.3 is 31.7 Å². The Hall–Kier alpha value is -5.12. The van der Waals surface area contributed by atoms with Gasteiger partial charge in [0.2, 0.25) is 23.5 Å². The molecule has 2 aromatic rings. The number of aliphatic carboxylic acids is 1. The van der Waals surface area contributed by atoms with Crippen LogP contribution in [-0.2, 0) is 38.6 Å². The highest BCUT2D eigenvalue weighted by atomic mass is 32.2. The van der Waals surface area contributed by atoms with Gasteiger partial charge in [-0.05, 0) is 67.3 Å². The van der Waals surface area contributed by atoms with Crippen LogP contribution in [-0.4, -0.2) is 85.7 Å². The number of benzene rings is 2. The van der Waals surface area contributed by atoms with Crippen molar-refractivity contribution in [2.24, 2.45) is 11.8 Å². The summed E-state index contributed by atoms with van der Waals surface area (Å²) in [5.74, 6) is -6.58. The lowest BCUT2D eigenvalue weighted by atomic mass is 9.95. The van der Waals surface area contributed by atoms with Crippen LogP contribution in [0.15, 0.2) is 59.5 Å². The van der Waals surface area contributed by atoms with Crippen LogP contribution in [0.25, 0.3) is 0 Å². The zero-order chi connectivity index (χ0) is 39.3. The number of ketones is 1. The summed E-state index contributed by atoms with van der Waals surface area (Å²) in [6, 6.07) is 8.44. The van der Waals surface area contributed by atoms with Gasteiger partial charge in [0.25, 0.3) is 11.8 Å². The first kappa shape index (κ1) is 42.3. The summed E-state index contributed by atoms with van der Waals surface area (Å²) in [7, 11) is -3.48. The van der Waals surface area contributed by atoms with Gasteiger partial charge in [-0.15, -0.1) is 0 Å². The number of hydrogen-bond acceptors (Lipinski definition) is 9. The second-order valence-electron chi connectivity index (χ2n) is 13.6. The van der Waals surface area contributed by atoms with E-state index >= 15 is 0 Å². The van der Waals surface area contributed by atoms with E-state index in [1.165, 1.54) is 36.4 Å². The van der Waals surface area contributed by atoms with E-state index in [0.29, 0.717) is 24.8 Å². The molecule has 0 spiro atoms. The molecule has 6 N–H and O–H groups in total. The van der Waals surface area contributed by atoms with Crippen LogP contribution in [0.3, 0.4) is 0 Å². The van der Waals surface area contributed by atoms with Crippen molar-refractivity contribution in [3.05, 3.63) is 65.7 Å². The topological polar surface area (TPSA) is 234 Å². The molecule has 0 aliphatic heterocycles. The highest BCUT2D eigenvalue weighted by molar-refractivity contribution is 7.90. The van der Waals surface area contributed by atoms with Gasteiger partial charge in [-0.3, -0.25) is 28.8 Å². The SMILES string of the molecule is CCCC(NC(=O)[C@H](CC(C)C)NC(=O)[C@@H](NC(=O)c1ccc(S(C)(=O)=O)cc1)C1CCCC1)C(=O)C(=O)NCC(=O)N[C@H](C(=O)O)c1ccccc1. The molecule has 0 bridgehead atoms. The van der Waals surface area contributed by atoms with E-state index in [1.807, 2.05) is 13.8 Å². The number of carbonyl (C=O) groups is 7. The number of carbonyl (C=O) groups excluding carboxylic acids is 6. The van der Waals surface area contributed by atoms with E-state index in [0.717, 1.165) is 19.1 Å². The third-order valence-electron chi connectivity index (χ3n) is 8.85. The number of hydrogen-bond donors (Lipinski definition) is 6. The summed E-state index contributed by atoms with van der Waals surface area (Å²) in [4.78, 5) is 91.0. The number of amides is 5. The molecular formula is C37H49N5O10S. The Balaban J connectivity index is 1.69. The van der Waals surface area contributed by atoms with Crippen LogP contribution in [0.2, 0.25) is 0 Å². The third-order valence-corrected chi connectivity index (χ3v) is 9.98. The standard InChI is InChI=1S/C37H49N5O10S/c1-5-11-27(32(44)36(48)38-21-29(43)41-31(37(49)50)24-12-7-6-8-13-24)39-34(46)28(20-22(2)3)40-35(47)30(23-14-9-10-15-23)42-33(45)25-16-18-26(19-17-25)53(4,51)52/h6-8,12-13,16-19,22-23,27-28,30-31H,5,9-11,14-15,20-21H2,1-4H3,(H,38,48)(H,39,46)(H,40,47)(H,41,43)(H,42,45)(H,49,50)/t27?,28-,30-,31-/m0/s1. The monoisotopic (exact) mass is 755 g/mol. The average molecular weight is 756 g/mol. The summed E-state index contributed by atoms with van der Waals surface area (Å²) < 4.78 is 23.7. The second kappa shape index (κ2) is 19.6. The number of carboxylic acid groups (broad SMARTS) is 1. The summed E-state index contributed by atoms with van der Waals surface area (Å²) >= 11 is 0. The minimum Gasteiger partial charge on any atom is -0.479 e. The van der Waals surface area contributed by atoms with E-state index in [9.17, 15) is 47.1 Å². The average Bonchev–Trinajstić information content (AvgIpc) is 3.65. The van der Waals surface area contributed by atoms with Crippen LogP contribution in [0.5, 0.6) is 0 Å². The predicted octanol–water partition coefficient (Wildman–Crippen LogP) is 1.82.